The first kappa shape index (κ1) is 17.2. The summed E-state index contributed by atoms with van der Waals surface area (Å²) in [6, 6.07) is 13.4. The number of benzene rings is 1. The summed E-state index contributed by atoms with van der Waals surface area (Å²) in [5.41, 5.74) is 2.30. The Balaban J connectivity index is 1.95. The molecule has 1 aliphatic rings. The molecular weight excluding hydrogens is 344 g/mol. The lowest BCUT2D eigenvalue weighted by molar-refractivity contribution is -0.386. The molecule has 0 unspecified atom stereocenters. The van der Waals surface area contributed by atoms with Gasteiger partial charge in [0.25, 0.3) is 5.88 Å². The molecule has 3 heterocycles. The van der Waals surface area contributed by atoms with Crippen LogP contribution < -0.4 is 9.64 Å². The number of hydrogen-bond acceptors (Lipinski definition) is 6. The van der Waals surface area contributed by atoms with Crippen LogP contribution in [0.15, 0.2) is 42.5 Å². The SMILES string of the molecule is COc1nc2nc(N3CCCCC3)c(-c3ccccc3)cc2cc1[N+](=O)[O-]. The van der Waals surface area contributed by atoms with E-state index in [0.717, 1.165) is 42.9 Å². The fourth-order valence-corrected chi connectivity index (χ4v) is 3.53. The van der Waals surface area contributed by atoms with Gasteiger partial charge in [-0.2, -0.15) is 4.98 Å². The molecule has 27 heavy (non-hydrogen) atoms. The Morgan fingerprint density at radius 1 is 1.07 bits per heavy atom. The maximum atomic E-state index is 11.4. The summed E-state index contributed by atoms with van der Waals surface area (Å²) in [5, 5.41) is 12.0. The fourth-order valence-electron chi connectivity index (χ4n) is 3.53. The molecule has 7 nitrogen and oxygen atoms in total. The van der Waals surface area contributed by atoms with Crippen molar-refractivity contribution in [1.29, 1.82) is 0 Å². The zero-order valence-corrected chi connectivity index (χ0v) is 15.1. The van der Waals surface area contributed by atoms with Gasteiger partial charge in [-0.1, -0.05) is 30.3 Å². The summed E-state index contributed by atoms with van der Waals surface area (Å²) >= 11 is 0. The van der Waals surface area contributed by atoms with Crippen LogP contribution >= 0.6 is 0 Å². The second-order valence-corrected chi connectivity index (χ2v) is 6.59. The molecule has 0 spiro atoms. The van der Waals surface area contributed by atoms with Gasteiger partial charge < -0.3 is 9.64 Å². The molecule has 4 rings (SSSR count). The number of rotatable bonds is 4. The van der Waals surface area contributed by atoms with E-state index in [1.807, 2.05) is 36.4 Å². The Bertz CT molecular complexity index is 985. The van der Waals surface area contributed by atoms with Crippen molar-refractivity contribution < 1.29 is 9.66 Å². The van der Waals surface area contributed by atoms with Crippen LogP contribution in [-0.2, 0) is 0 Å². The maximum Gasteiger partial charge on any atom is 0.331 e. The van der Waals surface area contributed by atoms with Crippen LogP contribution in [0.5, 0.6) is 5.88 Å². The van der Waals surface area contributed by atoms with Gasteiger partial charge in [-0.3, -0.25) is 10.1 Å². The molecule has 138 valence electrons. The lowest BCUT2D eigenvalue weighted by atomic mass is 10.0. The number of piperidine rings is 1. The zero-order valence-electron chi connectivity index (χ0n) is 15.1. The van der Waals surface area contributed by atoms with Gasteiger partial charge in [0, 0.05) is 30.1 Å². The molecule has 0 bridgehead atoms. The molecule has 0 atom stereocenters. The van der Waals surface area contributed by atoms with E-state index in [1.54, 1.807) is 0 Å². The van der Waals surface area contributed by atoms with E-state index in [9.17, 15) is 10.1 Å². The Hall–Kier alpha value is -3.22. The monoisotopic (exact) mass is 364 g/mol. The summed E-state index contributed by atoms with van der Waals surface area (Å²) in [6.45, 7) is 1.89. The average Bonchev–Trinajstić information content (AvgIpc) is 2.73. The molecule has 0 N–H and O–H groups in total. The van der Waals surface area contributed by atoms with Crippen LogP contribution in [0.1, 0.15) is 19.3 Å². The van der Waals surface area contributed by atoms with Gasteiger partial charge in [-0.05, 0) is 30.9 Å². The molecular formula is C20H20N4O3. The highest BCUT2D eigenvalue weighted by atomic mass is 16.6. The van der Waals surface area contributed by atoms with Crippen LogP contribution in [0.3, 0.4) is 0 Å². The number of nitro groups is 1. The summed E-state index contributed by atoms with van der Waals surface area (Å²) in [7, 11) is 1.38. The minimum Gasteiger partial charge on any atom is -0.476 e. The average molecular weight is 364 g/mol. The minimum absolute atomic E-state index is 0.0166. The largest absolute Gasteiger partial charge is 0.476 e. The van der Waals surface area contributed by atoms with Crippen molar-refractivity contribution >= 4 is 22.5 Å². The van der Waals surface area contributed by atoms with Crippen LogP contribution in [0.25, 0.3) is 22.2 Å². The van der Waals surface area contributed by atoms with Crippen LogP contribution in [0.4, 0.5) is 11.5 Å². The lowest BCUT2D eigenvalue weighted by Gasteiger charge is -2.29. The smallest absolute Gasteiger partial charge is 0.331 e. The van der Waals surface area contributed by atoms with Crippen molar-refractivity contribution in [2.45, 2.75) is 19.3 Å². The summed E-state index contributed by atoms with van der Waals surface area (Å²) < 4.78 is 5.11. The number of aromatic nitrogens is 2. The van der Waals surface area contributed by atoms with Gasteiger partial charge in [-0.15, -0.1) is 0 Å². The predicted octanol–water partition coefficient (Wildman–Crippen LogP) is 4.20. The topological polar surface area (TPSA) is 81.4 Å². The number of hydrogen-bond donors (Lipinski definition) is 0. The molecule has 0 amide bonds. The van der Waals surface area contributed by atoms with E-state index < -0.39 is 4.92 Å². The summed E-state index contributed by atoms with van der Waals surface area (Å²) in [4.78, 5) is 22.2. The van der Waals surface area contributed by atoms with Gasteiger partial charge in [-0.25, -0.2) is 4.98 Å². The first-order chi connectivity index (χ1) is 13.2. The Labute approximate surface area is 156 Å². The first-order valence-electron chi connectivity index (χ1n) is 9.02. The third kappa shape index (κ3) is 3.28. The van der Waals surface area contributed by atoms with Crippen molar-refractivity contribution in [1.82, 2.24) is 9.97 Å². The van der Waals surface area contributed by atoms with Crippen LogP contribution in [0.2, 0.25) is 0 Å². The number of fused-ring (bicyclic) bond motifs is 1. The second kappa shape index (κ2) is 7.19. The Morgan fingerprint density at radius 2 is 1.81 bits per heavy atom. The van der Waals surface area contributed by atoms with Gasteiger partial charge >= 0.3 is 5.69 Å². The van der Waals surface area contributed by atoms with Crippen LogP contribution in [-0.4, -0.2) is 35.1 Å². The molecule has 1 aromatic carbocycles. The molecule has 1 aliphatic heterocycles. The Morgan fingerprint density at radius 3 is 2.48 bits per heavy atom. The molecule has 7 heteroatoms. The van der Waals surface area contributed by atoms with Gasteiger partial charge in [0.15, 0.2) is 5.65 Å². The van der Waals surface area contributed by atoms with Crippen molar-refractivity contribution in [3.63, 3.8) is 0 Å². The molecule has 0 saturated carbocycles. The summed E-state index contributed by atoms with van der Waals surface area (Å²) in [5.74, 6) is 0.855. The summed E-state index contributed by atoms with van der Waals surface area (Å²) in [6.07, 6.45) is 3.49. The number of ether oxygens (including phenoxy) is 1. The van der Waals surface area contributed by atoms with Crippen molar-refractivity contribution in [2.24, 2.45) is 0 Å². The molecule has 0 aliphatic carbocycles. The fraction of sp³-hybridized carbons (Fsp3) is 0.300. The highest BCUT2D eigenvalue weighted by Crippen LogP contribution is 2.36. The molecule has 1 saturated heterocycles. The van der Waals surface area contributed by atoms with Gasteiger partial charge in [0.05, 0.1) is 12.0 Å². The molecule has 3 aromatic rings. The third-order valence-electron chi connectivity index (χ3n) is 4.86. The number of pyridine rings is 2. The molecule has 1 fully saturated rings. The van der Waals surface area contributed by atoms with E-state index >= 15 is 0 Å². The standard InChI is InChI=1S/C20H20N4O3/c1-27-20-17(24(25)26)13-15-12-16(14-8-4-2-5-9-14)19(21-18(15)22-20)23-10-6-3-7-11-23/h2,4-5,8-9,12-13H,3,6-7,10-11H2,1H3. The van der Waals surface area contributed by atoms with Crippen molar-refractivity contribution in [2.75, 3.05) is 25.1 Å². The van der Waals surface area contributed by atoms with Gasteiger partial charge in [0.1, 0.15) is 5.82 Å². The number of nitrogens with zero attached hydrogens (tertiary/aromatic N) is 4. The van der Waals surface area contributed by atoms with E-state index in [-0.39, 0.29) is 11.6 Å². The van der Waals surface area contributed by atoms with E-state index in [2.05, 4.69) is 9.88 Å². The van der Waals surface area contributed by atoms with Crippen molar-refractivity contribution in [3.8, 4) is 17.0 Å². The van der Waals surface area contributed by atoms with E-state index in [1.165, 1.54) is 19.6 Å². The molecule has 0 radical (unpaired) electrons. The molecule has 2 aromatic heterocycles. The Kier molecular flexibility index (Phi) is 4.58. The third-order valence-corrected chi connectivity index (χ3v) is 4.86. The van der Waals surface area contributed by atoms with Crippen LogP contribution in [0, 0.1) is 10.1 Å². The first-order valence-corrected chi connectivity index (χ1v) is 9.02. The highest BCUT2D eigenvalue weighted by Gasteiger charge is 2.22. The number of anilines is 1. The maximum absolute atomic E-state index is 11.4. The lowest BCUT2D eigenvalue weighted by Crippen LogP contribution is -2.30. The van der Waals surface area contributed by atoms with Gasteiger partial charge in [0.2, 0.25) is 0 Å². The van der Waals surface area contributed by atoms with E-state index in [0.29, 0.717) is 11.0 Å². The predicted molar refractivity (Wildman–Crippen MR) is 104 cm³/mol. The number of methoxy groups -OCH3 is 1. The minimum atomic E-state index is -0.480. The second-order valence-electron chi connectivity index (χ2n) is 6.59. The highest BCUT2D eigenvalue weighted by molar-refractivity contribution is 5.89. The quantitative estimate of drug-likeness (QED) is 0.510. The van der Waals surface area contributed by atoms with Crippen molar-refractivity contribution in [3.05, 3.63) is 52.6 Å². The van der Waals surface area contributed by atoms with E-state index in [4.69, 9.17) is 9.72 Å². The zero-order chi connectivity index (χ0) is 18.8. The normalized spacial score (nSPS) is 14.3.